The summed E-state index contributed by atoms with van der Waals surface area (Å²) in [6.07, 6.45) is 0.880. The van der Waals surface area contributed by atoms with Crippen molar-refractivity contribution in [2.45, 2.75) is 30.6 Å². The number of ether oxygens (including phenoxy) is 1. The molecular formula is C16H20N4O3S2. The fraction of sp³-hybridized carbons (Fsp3) is 0.375. The van der Waals surface area contributed by atoms with Crippen molar-refractivity contribution in [2.75, 3.05) is 18.2 Å². The van der Waals surface area contributed by atoms with Crippen molar-refractivity contribution in [1.29, 1.82) is 0 Å². The average molecular weight is 380 g/mol. The number of anilines is 1. The molecule has 7 nitrogen and oxygen atoms in total. The van der Waals surface area contributed by atoms with Gasteiger partial charge in [0.1, 0.15) is 5.75 Å². The van der Waals surface area contributed by atoms with E-state index in [1.165, 1.54) is 11.8 Å². The Labute approximate surface area is 154 Å². The summed E-state index contributed by atoms with van der Waals surface area (Å²) in [4.78, 5) is 23.9. The molecule has 0 aliphatic heterocycles. The van der Waals surface area contributed by atoms with Gasteiger partial charge in [-0.2, -0.15) is 0 Å². The third-order valence-electron chi connectivity index (χ3n) is 3.30. The van der Waals surface area contributed by atoms with Crippen molar-refractivity contribution < 1.29 is 14.3 Å². The van der Waals surface area contributed by atoms with Crippen LogP contribution in [0.5, 0.6) is 5.75 Å². The van der Waals surface area contributed by atoms with E-state index in [1.807, 2.05) is 13.8 Å². The molecule has 0 fully saturated rings. The molecule has 9 heteroatoms. The highest BCUT2D eigenvalue weighted by Gasteiger charge is 2.15. The molecule has 0 saturated carbocycles. The molecule has 25 heavy (non-hydrogen) atoms. The number of hydrogen-bond acceptors (Lipinski definition) is 7. The second kappa shape index (κ2) is 9.38. The van der Waals surface area contributed by atoms with E-state index in [0.29, 0.717) is 15.8 Å². The van der Waals surface area contributed by atoms with Gasteiger partial charge in [0.15, 0.2) is 4.34 Å². The Balaban J connectivity index is 1.86. The number of rotatable bonds is 8. The number of benzene rings is 1. The highest BCUT2D eigenvalue weighted by Crippen LogP contribution is 2.23. The molecule has 0 saturated heterocycles. The molecule has 0 bridgehead atoms. The summed E-state index contributed by atoms with van der Waals surface area (Å²) in [5.41, 5.74) is 0.642. The molecule has 2 N–H and O–H groups in total. The van der Waals surface area contributed by atoms with Gasteiger partial charge in [0.05, 0.1) is 12.9 Å². The summed E-state index contributed by atoms with van der Waals surface area (Å²) in [7, 11) is 1.58. The zero-order valence-corrected chi connectivity index (χ0v) is 15.9. The van der Waals surface area contributed by atoms with E-state index < -0.39 is 0 Å². The van der Waals surface area contributed by atoms with Gasteiger partial charge in [-0.15, -0.1) is 10.2 Å². The van der Waals surface area contributed by atoms with Gasteiger partial charge in [0.2, 0.25) is 10.9 Å². The van der Waals surface area contributed by atoms with Crippen LogP contribution < -0.4 is 15.4 Å². The van der Waals surface area contributed by atoms with Crippen molar-refractivity contribution >= 4 is 40.6 Å². The Morgan fingerprint density at radius 1 is 1.28 bits per heavy atom. The van der Waals surface area contributed by atoms with Gasteiger partial charge in [0.25, 0.3) is 5.91 Å². The van der Waals surface area contributed by atoms with E-state index in [2.05, 4.69) is 20.8 Å². The van der Waals surface area contributed by atoms with Crippen LogP contribution in [0.4, 0.5) is 5.69 Å². The minimum Gasteiger partial charge on any atom is -0.497 e. The fourth-order valence-corrected chi connectivity index (χ4v) is 3.32. The zero-order chi connectivity index (χ0) is 18.2. The number of hydrogen-bond donors (Lipinski definition) is 2. The molecule has 1 aromatic carbocycles. The first-order chi connectivity index (χ1) is 12.0. The third kappa shape index (κ3) is 6.02. The summed E-state index contributed by atoms with van der Waals surface area (Å²) in [5.74, 6) is 0.569. The second-order valence-corrected chi connectivity index (χ2v) is 7.42. The van der Waals surface area contributed by atoms with Gasteiger partial charge in [0, 0.05) is 11.7 Å². The summed E-state index contributed by atoms with van der Waals surface area (Å²) in [5, 5.41) is 13.7. The van der Waals surface area contributed by atoms with Crippen molar-refractivity contribution in [1.82, 2.24) is 15.5 Å². The molecule has 2 amide bonds. The quantitative estimate of drug-likeness (QED) is 0.684. The number of nitrogens with zero attached hydrogens (tertiary/aromatic N) is 2. The maximum atomic E-state index is 12.2. The Morgan fingerprint density at radius 3 is 2.64 bits per heavy atom. The molecule has 2 aromatic rings. The van der Waals surface area contributed by atoms with Crippen LogP contribution in [-0.4, -0.2) is 40.9 Å². The predicted molar refractivity (Wildman–Crippen MR) is 99.5 cm³/mol. The normalized spacial score (nSPS) is 11.6. The maximum absolute atomic E-state index is 12.2. The van der Waals surface area contributed by atoms with Crippen molar-refractivity contribution in [3.05, 3.63) is 29.3 Å². The van der Waals surface area contributed by atoms with Crippen molar-refractivity contribution in [2.24, 2.45) is 0 Å². The Kier molecular flexibility index (Phi) is 7.20. The predicted octanol–water partition coefficient (Wildman–Crippen LogP) is 2.81. The Hall–Kier alpha value is -2.13. The first-order valence-corrected chi connectivity index (χ1v) is 9.53. The van der Waals surface area contributed by atoms with Crippen LogP contribution >= 0.6 is 23.1 Å². The second-order valence-electron chi connectivity index (χ2n) is 5.22. The van der Waals surface area contributed by atoms with E-state index in [4.69, 9.17) is 4.74 Å². The van der Waals surface area contributed by atoms with E-state index in [1.54, 1.807) is 31.4 Å². The number of carbonyl (C=O) groups excluding carboxylic acids is 2. The number of amides is 2. The van der Waals surface area contributed by atoms with Crippen LogP contribution in [0, 0.1) is 0 Å². The minimum atomic E-state index is -0.335. The molecule has 0 aliphatic carbocycles. The van der Waals surface area contributed by atoms with Crippen molar-refractivity contribution in [3.63, 3.8) is 0 Å². The summed E-state index contributed by atoms with van der Waals surface area (Å²) < 4.78 is 5.65. The van der Waals surface area contributed by atoms with Crippen LogP contribution in [-0.2, 0) is 4.79 Å². The van der Waals surface area contributed by atoms with E-state index in [9.17, 15) is 9.59 Å². The minimum absolute atomic E-state index is 0.0567. The third-order valence-corrected chi connectivity index (χ3v) is 5.35. The van der Waals surface area contributed by atoms with Gasteiger partial charge < -0.3 is 15.4 Å². The molecular weight excluding hydrogens is 360 g/mol. The van der Waals surface area contributed by atoms with Gasteiger partial charge >= 0.3 is 0 Å². The lowest BCUT2D eigenvalue weighted by Gasteiger charge is -2.09. The lowest BCUT2D eigenvalue weighted by atomic mass is 10.3. The number of methoxy groups -OCH3 is 1. The van der Waals surface area contributed by atoms with Crippen LogP contribution in [0.15, 0.2) is 28.6 Å². The van der Waals surface area contributed by atoms with Crippen LogP contribution in [0.1, 0.15) is 30.1 Å². The highest BCUT2D eigenvalue weighted by molar-refractivity contribution is 8.01. The highest BCUT2D eigenvalue weighted by atomic mass is 32.2. The van der Waals surface area contributed by atoms with Crippen molar-refractivity contribution in [3.8, 4) is 5.75 Å². The first-order valence-electron chi connectivity index (χ1n) is 7.73. The van der Waals surface area contributed by atoms with Crippen LogP contribution in [0.25, 0.3) is 0 Å². The monoisotopic (exact) mass is 380 g/mol. The molecule has 1 heterocycles. The molecule has 0 spiro atoms. The van der Waals surface area contributed by atoms with E-state index in [-0.39, 0.29) is 28.6 Å². The standard InChI is InChI=1S/C16H20N4O3S2/c1-4-10(2)17-13(21)9-24-16-20-19-15(25-16)14(22)18-11-5-7-12(23-3)8-6-11/h5-8,10H,4,9H2,1-3H3,(H,17,21)(H,18,22). The molecule has 0 aliphatic rings. The van der Waals surface area contributed by atoms with Gasteiger partial charge in [-0.25, -0.2) is 0 Å². The number of aromatic nitrogens is 2. The Bertz CT molecular complexity index is 718. The van der Waals surface area contributed by atoms with Gasteiger partial charge in [-0.05, 0) is 37.6 Å². The summed E-state index contributed by atoms with van der Waals surface area (Å²) >= 11 is 2.43. The number of thioether (sulfide) groups is 1. The molecule has 1 aromatic heterocycles. The zero-order valence-electron chi connectivity index (χ0n) is 14.2. The van der Waals surface area contributed by atoms with Crippen LogP contribution in [0.3, 0.4) is 0 Å². The Morgan fingerprint density at radius 2 is 2.00 bits per heavy atom. The summed E-state index contributed by atoms with van der Waals surface area (Å²) in [6, 6.07) is 7.15. The van der Waals surface area contributed by atoms with E-state index in [0.717, 1.165) is 17.8 Å². The smallest absolute Gasteiger partial charge is 0.286 e. The SMILES string of the molecule is CCC(C)NC(=O)CSc1nnc(C(=O)Nc2ccc(OC)cc2)s1. The molecule has 134 valence electrons. The fourth-order valence-electron chi connectivity index (χ4n) is 1.76. The first kappa shape index (κ1) is 19.2. The topological polar surface area (TPSA) is 93.2 Å². The molecule has 1 atom stereocenters. The summed E-state index contributed by atoms with van der Waals surface area (Å²) in [6.45, 7) is 3.96. The number of carbonyl (C=O) groups is 2. The van der Waals surface area contributed by atoms with Gasteiger partial charge in [-0.1, -0.05) is 30.0 Å². The van der Waals surface area contributed by atoms with Crippen LogP contribution in [0.2, 0.25) is 0 Å². The number of nitrogens with one attached hydrogen (secondary N) is 2. The van der Waals surface area contributed by atoms with Gasteiger partial charge in [-0.3, -0.25) is 9.59 Å². The van der Waals surface area contributed by atoms with E-state index >= 15 is 0 Å². The molecule has 2 rings (SSSR count). The molecule has 0 radical (unpaired) electrons. The average Bonchev–Trinajstić information content (AvgIpc) is 3.09. The molecule has 1 unspecified atom stereocenters. The lowest BCUT2D eigenvalue weighted by Crippen LogP contribution is -2.33. The lowest BCUT2D eigenvalue weighted by molar-refractivity contribution is -0.119. The maximum Gasteiger partial charge on any atom is 0.286 e. The largest absolute Gasteiger partial charge is 0.497 e.